The third-order valence-electron chi connectivity index (χ3n) is 7.20. The van der Waals surface area contributed by atoms with E-state index in [-0.39, 0.29) is 12.5 Å². The molecule has 1 spiro atoms. The van der Waals surface area contributed by atoms with Gasteiger partial charge in [-0.05, 0) is 48.4 Å². The number of amides is 3. The number of hydrogen-bond acceptors (Lipinski definition) is 5. The molecule has 2 atom stereocenters. The van der Waals surface area contributed by atoms with Crippen molar-refractivity contribution in [2.75, 3.05) is 23.7 Å². The largest absolute Gasteiger partial charge is 0.465 e. The monoisotopic (exact) mass is 545 g/mol. The molecular weight excluding hydrogens is 522 g/mol. The number of aromatic amines is 1. The molecule has 3 aromatic carbocycles. The van der Waals surface area contributed by atoms with Gasteiger partial charge in [-0.3, -0.25) is 15.4 Å². The number of H-pyrrole nitrogens is 1. The van der Waals surface area contributed by atoms with Crippen LogP contribution in [0.25, 0.3) is 11.0 Å². The average Bonchev–Trinajstić information content (AvgIpc) is 3.52. The van der Waals surface area contributed by atoms with Gasteiger partial charge in [-0.2, -0.15) is 0 Å². The van der Waals surface area contributed by atoms with Gasteiger partial charge in [0, 0.05) is 29.2 Å². The number of benzene rings is 3. The molecule has 10 nitrogen and oxygen atoms in total. The molecule has 0 unspecified atom stereocenters. The molecule has 1 saturated heterocycles. The van der Waals surface area contributed by atoms with Crippen LogP contribution in [0.1, 0.15) is 29.3 Å². The number of nitrogens with one attached hydrogen (secondary N) is 3. The van der Waals surface area contributed by atoms with Gasteiger partial charge in [0.1, 0.15) is 11.7 Å². The molecule has 0 aliphatic carbocycles. The highest BCUT2D eigenvalue weighted by Crippen LogP contribution is 2.44. The quantitative estimate of drug-likeness (QED) is 0.268. The first-order valence-electron chi connectivity index (χ1n) is 12.4. The van der Waals surface area contributed by atoms with Crippen LogP contribution in [0.3, 0.4) is 0 Å². The average molecular weight is 546 g/mol. The molecule has 1 fully saturated rings. The van der Waals surface area contributed by atoms with Gasteiger partial charge in [-0.1, -0.05) is 41.9 Å². The van der Waals surface area contributed by atoms with Gasteiger partial charge in [0.15, 0.2) is 5.60 Å². The molecule has 0 radical (unpaired) electrons. The Kier molecular flexibility index (Phi) is 6.11. The first kappa shape index (κ1) is 24.7. The van der Waals surface area contributed by atoms with E-state index in [1.54, 1.807) is 41.3 Å². The molecule has 11 heteroatoms. The number of hydrogen-bond donors (Lipinski definition) is 4. The summed E-state index contributed by atoms with van der Waals surface area (Å²) in [5.74, 6) is -0.336. The summed E-state index contributed by atoms with van der Waals surface area (Å²) in [6.45, 7) is 0.570. The minimum absolute atomic E-state index is 0.156. The molecule has 0 saturated carbocycles. The van der Waals surface area contributed by atoms with Crippen LogP contribution >= 0.6 is 11.6 Å². The van der Waals surface area contributed by atoms with Gasteiger partial charge in [-0.25, -0.2) is 14.6 Å². The highest BCUT2D eigenvalue weighted by Gasteiger charge is 2.49. The molecule has 3 amide bonds. The van der Waals surface area contributed by atoms with Crippen LogP contribution in [0.15, 0.2) is 66.7 Å². The van der Waals surface area contributed by atoms with E-state index in [0.717, 1.165) is 11.1 Å². The van der Waals surface area contributed by atoms with E-state index in [1.807, 2.05) is 30.3 Å². The fourth-order valence-corrected chi connectivity index (χ4v) is 5.58. The Balaban J connectivity index is 1.34. The van der Waals surface area contributed by atoms with E-state index < -0.39 is 23.7 Å². The second kappa shape index (κ2) is 9.63. The maximum absolute atomic E-state index is 14.1. The number of carbonyl (C=O) groups excluding carboxylic acids is 2. The molecule has 4 aromatic rings. The standard InChI is InChI=1S/C28H24ClN5O5/c29-17-6-8-21-20(13-17)28(39-27(38)33-21)10-11-34(15-28)25(35)19(12-16-4-2-1-3-5-16)24-31-22-9-7-18(30-26(36)37)14-23(22)32-24/h1-9,13-14,19,30H,10-12,15H2,(H,31,32)(H,33,38)(H,36,37)/t19-,28-/m0/s1. The molecule has 198 valence electrons. The van der Waals surface area contributed by atoms with Crippen molar-refractivity contribution in [3.8, 4) is 0 Å². The summed E-state index contributed by atoms with van der Waals surface area (Å²) < 4.78 is 5.81. The lowest BCUT2D eigenvalue weighted by Gasteiger charge is -2.35. The maximum Gasteiger partial charge on any atom is 0.412 e. The van der Waals surface area contributed by atoms with Crippen molar-refractivity contribution in [2.45, 2.75) is 24.4 Å². The number of halogens is 1. The number of ether oxygens (including phenoxy) is 1. The molecular formula is C28H24ClN5O5. The molecule has 3 heterocycles. The zero-order valence-corrected chi connectivity index (χ0v) is 21.4. The summed E-state index contributed by atoms with van der Waals surface area (Å²) >= 11 is 6.27. The van der Waals surface area contributed by atoms with Crippen LogP contribution in [-0.4, -0.2) is 51.2 Å². The molecule has 39 heavy (non-hydrogen) atoms. The van der Waals surface area contributed by atoms with Gasteiger partial charge < -0.3 is 19.7 Å². The Bertz CT molecular complexity index is 1610. The third kappa shape index (κ3) is 4.74. The molecule has 1 aromatic heterocycles. The number of fused-ring (bicyclic) bond motifs is 3. The number of carbonyl (C=O) groups is 3. The Morgan fingerprint density at radius 3 is 2.77 bits per heavy atom. The van der Waals surface area contributed by atoms with E-state index in [9.17, 15) is 14.4 Å². The Morgan fingerprint density at radius 1 is 1.15 bits per heavy atom. The van der Waals surface area contributed by atoms with E-state index in [2.05, 4.69) is 15.6 Å². The van der Waals surface area contributed by atoms with Gasteiger partial charge in [0.2, 0.25) is 5.91 Å². The molecule has 4 N–H and O–H groups in total. The van der Waals surface area contributed by atoms with Crippen LogP contribution in [0.4, 0.5) is 21.0 Å². The van der Waals surface area contributed by atoms with E-state index >= 15 is 0 Å². The predicted octanol–water partition coefficient (Wildman–Crippen LogP) is 5.32. The minimum atomic E-state index is -1.17. The number of aromatic nitrogens is 2. The molecule has 2 aliphatic heterocycles. The number of anilines is 2. The lowest BCUT2D eigenvalue weighted by Crippen LogP contribution is -2.43. The SMILES string of the molecule is O=C(O)Nc1ccc2nc([C@H](Cc3ccccc3)C(=O)N3CC[C@@]4(C3)OC(=O)Nc3ccc(Cl)cc34)[nH]c2c1. The summed E-state index contributed by atoms with van der Waals surface area (Å²) in [5.41, 5.74) is 2.93. The predicted molar refractivity (Wildman–Crippen MR) is 145 cm³/mol. The van der Waals surface area contributed by atoms with Crippen LogP contribution < -0.4 is 10.6 Å². The van der Waals surface area contributed by atoms with Gasteiger partial charge in [-0.15, -0.1) is 0 Å². The molecule has 6 rings (SSSR count). The third-order valence-corrected chi connectivity index (χ3v) is 7.44. The van der Waals surface area contributed by atoms with Crippen LogP contribution in [0.2, 0.25) is 5.02 Å². The zero-order chi connectivity index (χ0) is 27.1. The smallest absolute Gasteiger partial charge is 0.412 e. The van der Waals surface area contributed by atoms with Crippen LogP contribution in [0.5, 0.6) is 0 Å². The summed E-state index contributed by atoms with van der Waals surface area (Å²) in [6.07, 6.45) is -0.909. The number of carboxylic acid groups (broad SMARTS) is 1. The number of imidazole rings is 1. The van der Waals surface area contributed by atoms with Crippen molar-refractivity contribution in [2.24, 2.45) is 0 Å². The summed E-state index contributed by atoms with van der Waals surface area (Å²) in [7, 11) is 0. The van der Waals surface area contributed by atoms with Crippen molar-refractivity contribution in [1.29, 1.82) is 0 Å². The van der Waals surface area contributed by atoms with Crippen molar-refractivity contribution in [1.82, 2.24) is 14.9 Å². The van der Waals surface area contributed by atoms with Crippen LogP contribution in [-0.2, 0) is 21.6 Å². The van der Waals surface area contributed by atoms with Gasteiger partial charge in [0.05, 0.1) is 23.3 Å². The van der Waals surface area contributed by atoms with E-state index in [4.69, 9.17) is 26.4 Å². The highest BCUT2D eigenvalue weighted by atomic mass is 35.5. The van der Waals surface area contributed by atoms with Crippen molar-refractivity contribution in [3.63, 3.8) is 0 Å². The Labute approximate surface area is 227 Å². The van der Waals surface area contributed by atoms with Gasteiger partial charge in [0.25, 0.3) is 0 Å². The zero-order valence-electron chi connectivity index (χ0n) is 20.6. The fourth-order valence-electron chi connectivity index (χ4n) is 5.41. The number of nitrogens with zero attached hydrogens (tertiary/aromatic N) is 2. The van der Waals surface area contributed by atoms with E-state index in [0.29, 0.717) is 52.6 Å². The highest BCUT2D eigenvalue weighted by molar-refractivity contribution is 6.30. The molecule has 2 aliphatic rings. The summed E-state index contributed by atoms with van der Waals surface area (Å²) in [4.78, 5) is 47.2. The lowest BCUT2D eigenvalue weighted by molar-refractivity contribution is -0.133. The first-order chi connectivity index (χ1) is 18.8. The summed E-state index contributed by atoms with van der Waals surface area (Å²) in [5, 5.41) is 14.6. The van der Waals surface area contributed by atoms with Crippen molar-refractivity contribution >= 4 is 52.1 Å². The fraction of sp³-hybridized carbons (Fsp3) is 0.214. The first-order valence-corrected chi connectivity index (χ1v) is 12.8. The van der Waals surface area contributed by atoms with Crippen molar-refractivity contribution < 1.29 is 24.2 Å². The topological polar surface area (TPSA) is 137 Å². The normalized spacial score (nSPS) is 18.9. The van der Waals surface area contributed by atoms with Gasteiger partial charge >= 0.3 is 12.2 Å². The maximum atomic E-state index is 14.1. The second-order valence-corrected chi connectivity index (χ2v) is 10.2. The second-order valence-electron chi connectivity index (χ2n) is 9.73. The summed E-state index contributed by atoms with van der Waals surface area (Å²) in [6, 6.07) is 19.8. The minimum Gasteiger partial charge on any atom is -0.465 e. The lowest BCUT2D eigenvalue weighted by atomic mass is 9.90. The molecule has 0 bridgehead atoms. The Morgan fingerprint density at radius 2 is 1.97 bits per heavy atom. The number of rotatable bonds is 5. The Hall–Kier alpha value is -4.57. The van der Waals surface area contributed by atoms with Crippen molar-refractivity contribution in [3.05, 3.63) is 88.7 Å². The van der Waals surface area contributed by atoms with Crippen LogP contribution in [0, 0.1) is 0 Å². The van der Waals surface area contributed by atoms with E-state index in [1.165, 1.54) is 0 Å². The number of likely N-dealkylation sites (tertiary alicyclic amines) is 1.